The molecule has 0 radical (unpaired) electrons. The summed E-state index contributed by atoms with van der Waals surface area (Å²) in [4.78, 5) is 25.1. The molecule has 0 unspecified atom stereocenters. The Morgan fingerprint density at radius 1 is 0.931 bits per heavy atom. The number of nitrogens with one attached hydrogen (secondary N) is 1. The zero-order chi connectivity index (χ0) is 20.1. The van der Waals surface area contributed by atoms with Crippen LogP contribution in [0.15, 0.2) is 71.5 Å². The highest BCUT2D eigenvalue weighted by Crippen LogP contribution is 2.17. The highest BCUT2D eigenvalue weighted by molar-refractivity contribution is 5.90. The van der Waals surface area contributed by atoms with Gasteiger partial charge in [0.25, 0.3) is 0 Å². The average molecular weight is 385 g/mol. The summed E-state index contributed by atoms with van der Waals surface area (Å²) in [5, 5.41) is 6.76. The molecule has 2 heterocycles. The summed E-state index contributed by atoms with van der Waals surface area (Å²) in [6.45, 7) is 2.02. The number of aromatic nitrogens is 4. The fourth-order valence-corrected chi connectivity index (χ4v) is 2.75. The van der Waals surface area contributed by atoms with E-state index in [1.54, 1.807) is 12.4 Å². The van der Waals surface area contributed by atoms with E-state index in [2.05, 4.69) is 25.4 Å². The van der Waals surface area contributed by atoms with Crippen LogP contribution in [0.25, 0.3) is 22.8 Å². The zero-order valence-corrected chi connectivity index (χ0v) is 15.9. The Hall–Kier alpha value is -3.87. The monoisotopic (exact) mass is 385 g/mol. The van der Waals surface area contributed by atoms with E-state index < -0.39 is 0 Å². The summed E-state index contributed by atoms with van der Waals surface area (Å²) < 4.78 is 5.25. The van der Waals surface area contributed by atoms with Crippen molar-refractivity contribution in [2.45, 2.75) is 19.8 Å². The standard InChI is InChI=1S/C22H19N5O2/c1-15-7-9-17(10-8-15)22-26-20(29-27-22)12-11-19(28)25-18-13-23-21(24-14-18)16-5-3-2-4-6-16/h2-10,13-14H,11-12H2,1H3,(H,25,28). The van der Waals surface area contributed by atoms with E-state index in [4.69, 9.17) is 4.52 Å². The van der Waals surface area contributed by atoms with Crippen molar-refractivity contribution in [3.63, 3.8) is 0 Å². The molecule has 0 atom stereocenters. The minimum atomic E-state index is -0.170. The molecule has 2 aromatic carbocycles. The van der Waals surface area contributed by atoms with Crippen LogP contribution in [0.3, 0.4) is 0 Å². The molecule has 0 spiro atoms. The first kappa shape index (κ1) is 18.5. The minimum absolute atomic E-state index is 0.170. The van der Waals surface area contributed by atoms with Crippen LogP contribution in [0.4, 0.5) is 5.69 Å². The van der Waals surface area contributed by atoms with Crippen LogP contribution >= 0.6 is 0 Å². The Kier molecular flexibility index (Phi) is 5.38. The summed E-state index contributed by atoms with van der Waals surface area (Å²) in [6, 6.07) is 17.5. The molecule has 0 saturated heterocycles. The lowest BCUT2D eigenvalue weighted by atomic mass is 10.1. The van der Waals surface area contributed by atoms with Crippen LogP contribution in [0.1, 0.15) is 17.9 Å². The topological polar surface area (TPSA) is 93.8 Å². The predicted molar refractivity (Wildman–Crippen MR) is 109 cm³/mol. The Balaban J connectivity index is 1.32. The average Bonchev–Trinajstić information content (AvgIpc) is 3.23. The second-order valence-electron chi connectivity index (χ2n) is 6.59. The fourth-order valence-electron chi connectivity index (χ4n) is 2.75. The summed E-state index contributed by atoms with van der Waals surface area (Å²) >= 11 is 0. The molecule has 144 valence electrons. The van der Waals surface area contributed by atoms with Crippen molar-refractivity contribution in [1.82, 2.24) is 20.1 Å². The number of anilines is 1. The Bertz CT molecular complexity index is 1090. The van der Waals surface area contributed by atoms with Crippen LogP contribution in [0.2, 0.25) is 0 Å². The first-order chi connectivity index (χ1) is 14.2. The smallest absolute Gasteiger partial charge is 0.227 e. The van der Waals surface area contributed by atoms with Gasteiger partial charge in [0, 0.05) is 24.0 Å². The molecule has 0 fully saturated rings. The number of aryl methyl sites for hydroxylation is 2. The Labute approximate surface area is 167 Å². The van der Waals surface area contributed by atoms with Crippen molar-refractivity contribution in [2.75, 3.05) is 5.32 Å². The van der Waals surface area contributed by atoms with Gasteiger partial charge in [-0.1, -0.05) is 65.3 Å². The largest absolute Gasteiger partial charge is 0.339 e. The van der Waals surface area contributed by atoms with Gasteiger partial charge in [0.05, 0.1) is 18.1 Å². The van der Waals surface area contributed by atoms with Crippen LogP contribution in [-0.4, -0.2) is 26.0 Å². The minimum Gasteiger partial charge on any atom is -0.339 e. The lowest BCUT2D eigenvalue weighted by Gasteiger charge is -2.04. The number of nitrogens with zero attached hydrogens (tertiary/aromatic N) is 4. The highest BCUT2D eigenvalue weighted by Gasteiger charge is 2.11. The first-order valence-electron chi connectivity index (χ1n) is 9.24. The maximum Gasteiger partial charge on any atom is 0.227 e. The maximum absolute atomic E-state index is 12.2. The van der Waals surface area contributed by atoms with Gasteiger partial charge in [0.15, 0.2) is 5.82 Å². The van der Waals surface area contributed by atoms with Crippen molar-refractivity contribution in [3.05, 3.63) is 78.4 Å². The number of hydrogen-bond donors (Lipinski definition) is 1. The van der Waals surface area contributed by atoms with Crippen LogP contribution in [0, 0.1) is 6.92 Å². The number of carbonyl (C=O) groups excluding carboxylic acids is 1. The van der Waals surface area contributed by atoms with Gasteiger partial charge in [0.2, 0.25) is 17.6 Å². The number of benzene rings is 2. The van der Waals surface area contributed by atoms with Crippen molar-refractivity contribution in [3.8, 4) is 22.8 Å². The van der Waals surface area contributed by atoms with Crippen molar-refractivity contribution in [1.29, 1.82) is 0 Å². The molecule has 2 aromatic heterocycles. The van der Waals surface area contributed by atoms with E-state index in [0.29, 0.717) is 29.6 Å². The second-order valence-corrected chi connectivity index (χ2v) is 6.59. The van der Waals surface area contributed by atoms with Gasteiger partial charge in [-0.05, 0) is 6.92 Å². The number of rotatable bonds is 6. The first-order valence-corrected chi connectivity index (χ1v) is 9.24. The molecule has 0 aliphatic carbocycles. The summed E-state index contributed by atoms with van der Waals surface area (Å²) in [5.41, 5.74) is 3.51. The van der Waals surface area contributed by atoms with Crippen molar-refractivity contribution in [2.24, 2.45) is 0 Å². The van der Waals surface area contributed by atoms with E-state index in [0.717, 1.165) is 16.7 Å². The van der Waals surface area contributed by atoms with Gasteiger partial charge >= 0.3 is 0 Å². The molecule has 1 N–H and O–H groups in total. The zero-order valence-electron chi connectivity index (χ0n) is 15.9. The summed E-state index contributed by atoms with van der Waals surface area (Å²) in [7, 11) is 0. The van der Waals surface area contributed by atoms with Gasteiger partial charge in [-0.15, -0.1) is 0 Å². The van der Waals surface area contributed by atoms with Crippen LogP contribution in [0.5, 0.6) is 0 Å². The maximum atomic E-state index is 12.2. The predicted octanol–water partition coefficient (Wildman–Crippen LogP) is 4.07. The summed E-state index contributed by atoms with van der Waals surface area (Å²) in [5.74, 6) is 1.38. The highest BCUT2D eigenvalue weighted by atomic mass is 16.5. The molecule has 7 heteroatoms. The fraction of sp³-hybridized carbons (Fsp3) is 0.136. The molecular formula is C22H19N5O2. The third-order valence-corrected chi connectivity index (χ3v) is 4.31. The Morgan fingerprint density at radius 2 is 1.62 bits per heavy atom. The molecule has 0 saturated carbocycles. The Morgan fingerprint density at radius 3 is 2.34 bits per heavy atom. The van der Waals surface area contributed by atoms with Crippen LogP contribution in [-0.2, 0) is 11.2 Å². The number of carbonyl (C=O) groups is 1. The van der Waals surface area contributed by atoms with E-state index in [-0.39, 0.29) is 12.3 Å². The lowest BCUT2D eigenvalue weighted by molar-refractivity contribution is -0.116. The third-order valence-electron chi connectivity index (χ3n) is 4.31. The SMILES string of the molecule is Cc1ccc(-c2noc(CCC(=O)Nc3cnc(-c4ccccc4)nc3)n2)cc1. The molecule has 0 aliphatic rings. The molecular weight excluding hydrogens is 366 g/mol. The van der Waals surface area contributed by atoms with E-state index in [1.807, 2.05) is 61.5 Å². The number of amides is 1. The molecule has 4 aromatic rings. The molecule has 29 heavy (non-hydrogen) atoms. The third kappa shape index (κ3) is 4.70. The van der Waals surface area contributed by atoms with E-state index >= 15 is 0 Å². The van der Waals surface area contributed by atoms with Gasteiger partial charge in [-0.25, -0.2) is 9.97 Å². The van der Waals surface area contributed by atoms with Gasteiger partial charge in [-0.2, -0.15) is 4.98 Å². The molecule has 4 rings (SSSR count). The van der Waals surface area contributed by atoms with Gasteiger partial charge < -0.3 is 9.84 Å². The number of hydrogen-bond acceptors (Lipinski definition) is 6. The lowest BCUT2D eigenvalue weighted by Crippen LogP contribution is -2.13. The molecule has 0 bridgehead atoms. The van der Waals surface area contributed by atoms with Crippen LogP contribution < -0.4 is 5.32 Å². The van der Waals surface area contributed by atoms with Gasteiger partial charge in [0.1, 0.15) is 0 Å². The molecule has 1 amide bonds. The molecule has 7 nitrogen and oxygen atoms in total. The van der Waals surface area contributed by atoms with Gasteiger partial charge in [-0.3, -0.25) is 4.79 Å². The second kappa shape index (κ2) is 8.43. The van der Waals surface area contributed by atoms with E-state index in [9.17, 15) is 4.79 Å². The quantitative estimate of drug-likeness (QED) is 0.538. The summed E-state index contributed by atoms with van der Waals surface area (Å²) in [6.07, 6.45) is 3.76. The van der Waals surface area contributed by atoms with Crippen molar-refractivity contribution >= 4 is 11.6 Å². The van der Waals surface area contributed by atoms with E-state index in [1.165, 1.54) is 0 Å². The molecule has 0 aliphatic heterocycles. The van der Waals surface area contributed by atoms with Crippen molar-refractivity contribution < 1.29 is 9.32 Å². The normalized spacial score (nSPS) is 10.7.